The number of benzene rings is 1. The number of halogens is 1. The molecule has 1 aliphatic rings. The molecule has 0 spiro atoms. The minimum atomic E-state index is 0.0471. The van der Waals surface area contributed by atoms with Crippen molar-refractivity contribution in [3.63, 3.8) is 0 Å². The molecule has 0 N–H and O–H groups in total. The van der Waals surface area contributed by atoms with Crippen LogP contribution in [-0.4, -0.2) is 9.97 Å². The monoisotopic (exact) mass is 218 g/mol. The second-order valence-corrected chi connectivity index (χ2v) is 4.43. The summed E-state index contributed by atoms with van der Waals surface area (Å²) in [5.74, 6) is 0. The van der Waals surface area contributed by atoms with Crippen LogP contribution in [0, 0.1) is 0 Å². The summed E-state index contributed by atoms with van der Waals surface area (Å²) < 4.78 is 0. The van der Waals surface area contributed by atoms with Gasteiger partial charge in [0.2, 0.25) is 0 Å². The van der Waals surface area contributed by atoms with Gasteiger partial charge in [0.15, 0.2) is 0 Å². The van der Waals surface area contributed by atoms with Gasteiger partial charge >= 0.3 is 0 Å². The Kier molecular flexibility index (Phi) is 2.10. The number of rotatable bonds is 0. The van der Waals surface area contributed by atoms with E-state index in [1.165, 1.54) is 0 Å². The molecule has 0 saturated carbocycles. The molecule has 1 unspecified atom stereocenters. The van der Waals surface area contributed by atoms with Crippen LogP contribution >= 0.6 is 11.6 Å². The minimum Gasteiger partial charge on any atom is -0.249 e. The molecule has 1 aromatic heterocycles. The number of nitrogens with zero attached hydrogens (tertiary/aromatic N) is 2. The zero-order chi connectivity index (χ0) is 10.3. The fraction of sp³-hybridized carbons (Fsp3) is 0.333. The molecule has 0 aliphatic heterocycles. The van der Waals surface area contributed by atoms with E-state index in [1.807, 2.05) is 24.3 Å². The minimum absolute atomic E-state index is 0.0471. The number of aryl methyl sites for hydroxylation is 1. The lowest BCUT2D eigenvalue weighted by atomic mass is 10.00. The smallest absolute Gasteiger partial charge is 0.0891 e. The topological polar surface area (TPSA) is 25.8 Å². The molecule has 0 fully saturated rings. The Balaban J connectivity index is 2.27. The second-order valence-electron chi connectivity index (χ2n) is 3.90. The highest BCUT2D eigenvalue weighted by Gasteiger charge is 2.21. The van der Waals surface area contributed by atoms with Crippen LogP contribution in [0.4, 0.5) is 0 Å². The Morgan fingerprint density at radius 1 is 1.13 bits per heavy atom. The Morgan fingerprint density at radius 3 is 2.67 bits per heavy atom. The highest BCUT2D eigenvalue weighted by atomic mass is 35.5. The highest BCUT2D eigenvalue weighted by molar-refractivity contribution is 6.20. The van der Waals surface area contributed by atoms with E-state index in [0.717, 1.165) is 41.7 Å². The van der Waals surface area contributed by atoms with Crippen LogP contribution in [0.25, 0.3) is 11.0 Å². The summed E-state index contributed by atoms with van der Waals surface area (Å²) in [5, 5.41) is 0.0471. The molecule has 0 bridgehead atoms. The van der Waals surface area contributed by atoms with Crippen molar-refractivity contribution in [1.29, 1.82) is 0 Å². The van der Waals surface area contributed by atoms with Gasteiger partial charge in [0.05, 0.1) is 27.8 Å². The molecule has 3 heteroatoms. The van der Waals surface area contributed by atoms with Crippen LogP contribution in [0.3, 0.4) is 0 Å². The van der Waals surface area contributed by atoms with Crippen LogP contribution < -0.4 is 0 Å². The van der Waals surface area contributed by atoms with Gasteiger partial charge in [-0.15, -0.1) is 11.6 Å². The zero-order valence-corrected chi connectivity index (χ0v) is 9.04. The first kappa shape index (κ1) is 9.10. The van der Waals surface area contributed by atoms with E-state index in [1.54, 1.807) is 0 Å². The summed E-state index contributed by atoms with van der Waals surface area (Å²) >= 11 is 6.25. The molecule has 76 valence electrons. The van der Waals surface area contributed by atoms with Gasteiger partial charge in [-0.2, -0.15) is 0 Å². The fourth-order valence-electron chi connectivity index (χ4n) is 2.07. The third-order valence-corrected chi connectivity index (χ3v) is 3.27. The maximum atomic E-state index is 6.25. The molecular weight excluding hydrogens is 208 g/mol. The average Bonchev–Trinajstić information content (AvgIpc) is 2.27. The van der Waals surface area contributed by atoms with Gasteiger partial charge in [-0.25, -0.2) is 9.97 Å². The summed E-state index contributed by atoms with van der Waals surface area (Å²) in [6.45, 7) is 0. The lowest BCUT2D eigenvalue weighted by Gasteiger charge is -2.18. The van der Waals surface area contributed by atoms with Crippen molar-refractivity contribution >= 4 is 22.6 Å². The van der Waals surface area contributed by atoms with Gasteiger partial charge in [0.25, 0.3) is 0 Å². The van der Waals surface area contributed by atoms with Crippen molar-refractivity contribution in [2.24, 2.45) is 0 Å². The van der Waals surface area contributed by atoms with Crippen molar-refractivity contribution in [2.45, 2.75) is 24.6 Å². The molecule has 1 heterocycles. The van der Waals surface area contributed by atoms with E-state index in [-0.39, 0.29) is 5.38 Å². The van der Waals surface area contributed by atoms with Crippen LogP contribution in [0.15, 0.2) is 24.3 Å². The Bertz CT molecular complexity index is 510. The lowest BCUT2D eigenvalue weighted by molar-refractivity contribution is 0.638. The summed E-state index contributed by atoms with van der Waals surface area (Å²) in [6.07, 6.45) is 3.14. The highest BCUT2D eigenvalue weighted by Crippen LogP contribution is 2.32. The van der Waals surface area contributed by atoms with E-state index in [9.17, 15) is 0 Å². The zero-order valence-electron chi connectivity index (χ0n) is 8.28. The third kappa shape index (κ3) is 1.49. The molecule has 2 nitrogen and oxygen atoms in total. The number of alkyl halides is 1. The number of aromatic nitrogens is 2. The Labute approximate surface area is 93.3 Å². The Hall–Kier alpha value is -1.15. The molecule has 15 heavy (non-hydrogen) atoms. The third-order valence-electron chi connectivity index (χ3n) is 2.84. The number of hydrogen-bond donors (Lipinski definition) is 0. The van der Waals surface area contributed by atoms with Crippen molar-refractivity contribution in [1.82, 2.24) is 9.97 Å². The van der Waals surface area contributed by atoms with Gasteiger partial charge in [0.1, 0.15) is 0 Å². The number of para-hydroxylation sites is 2. The van der Waals surface area contributed by atoms with Crippen LogP contribution in [0.5, 0.6) is 0 Å². The quantitative estimate of drug-likeness (QED) is 0.635. The maximum absolute atomic E-state index is 6.25. The van der Waals surface area contributed by atoms with Gasteiger partial charge < -0.3 is 0 Å². The SMILES string of the molecule is ClC1CCCc2nc3ccccc3nc21. The summed E-state index contributed by atoms with van der Waals surface area (Å²) in [5.41, 5.74) is 3.99. The van der Waals surface area contributed by atoms with E-state index >= 15 is 0 Å². The largest absolute Gasteiger partial charge is 0.249 e. The van der Waals surface area contributed by atoms with Crippen LogP contribution in [-0.2, 0) is 6.42 Å². The van der Waals surface area contributed by atoms with E-state index < -0.39 is 0 Å². The second kappa shape index (κ2) is 3.46. The fourth-order valence-corrected chi connectivity index (χ4v) is 2.40. The van der Waals surface area contributed by atoms with Crippen LogP contribution in [0.2, 0.25) is 0 Å². The first-order valence-electron chi connectivity index (χ1n) is 5.24. The molecule has 0 radical (unpaired) electrons. The summed E-state index contributed by atoms with van der Waals surface area (Å²) in [4.78, 5) is 9.22. The van der Waals surface area contributed by atoms with Gasteiger partial charge in [-0.1, -0.05) is 12.1 Å². The van der Waals surface area contributed by atoms with Gasteiger partial charge in [-0.3, -0.25) is 0 Å². The standard InChI is InChI=1S/C12H11ClN2/c13-8-4-3-7-11-12(8)15-10-6-2-1-5-9(10)14-11/h1-2,5-6,8H,3-4,7H2. The van der Waals surface area contributed by atoms with Crippen molar-refractivity contribution in [3.05, 3.63) is 35.7 Å². The predicted octanol–water partition coefficient (Wildman–Crippen LogP) is 3.25. The normalized spacial score (nSPS) is 20.2. The molecule has 1 aliphatic carbocycles. The van der Waals surface area contributed by atoms with Crippen molar-refractivity contribution < 1.29 is 0 Å². The molecule has 0 amide bonds. The molecule has 1 aromatic carbocycles. The number of hydrogen-bond acceptors (Lipinski definition) is 2. The maximum Gasteiger partial charge on any atom is 0.0891 e. The summed E-state index contributed by atoms with van der Waals surface area (Å²) in [7, 11) is 0. The summed E-state index contributed by atoms with van der Waals surface area (Å²) in [6, 6.07) is 7.96. The first-order chi connectivity index (χ1) is 7.34. The number of fused-ring (bicyclic) bond motifs is 2. The van der Waals surface area contributed by atoms with Crippen molar-refractivity contribution in [2.75, 3.05) is 0 Å². The predicted molar refractivity (Wildman–Crippen MR) is 61.1 cm³/mol. The average molecular weight is 219 g/mol. The van der Waals surface area contributed by atoms with Crippen LogP contribution in [0.1, 0.15) is 29.6 Å². The van der Waals surface area contributed by atoms with E-state index in [4.69, 9.17) is 11.6 Å². The van der Waals surface area contributed by atoms with Gasteiger partial charge in [-0.05, 0) is 31.4 Å². The van der Waals surface area contributed by atoms with Gasteiger partial charge in [0, 0.05) is 0 Å². The Morgan fingerprint density at radius 2 is 1.87 bits per heavy atom. The molecule has 2 aromatic rings. The van der Waals surface area contributed by atoms with E-state index in [0.29, 0.717) is 0 Å². The molecule has 3 rings (SSSR count). The first-order valence-corrected chi connectivity index (χ1v) is 5.68. The van der Waals surface area contributed by atoms with E-state index in [2.05, 4.69) is 9.97 Å². The molecule has 1 atom stereocenters. The van der Waals surface area contributed by atoms with Crippen molar-refractivity contribution in [3.8, 4) is 0 Å². The lowest BCUT2D eigenvalue weighted by Crippen LogP contribution is -2.10. The molecule has 0 saturated heterocycles. The molecular formula is C12H11ClN2.